The molecule has 2 aromatic rings. The molecule has 2 amide bonds. The number of nitrogens with zero attached hydrogens (tertiary/aromatic N) is 1. The molecule has 1 aromatic carbocycles. The monoisotopic (exact) mass is 444 g/mol. The van der Waals surface area contributed by atoms with Gasteiger partial charge in [0.15, 0.2) is 0 Å². The minimum absolute atomic E-state index is 0.0408. The van der Waals surface area contributed by atoms with Crippen LogP contribution < -0.4 is 10.1 Å². The normalized spacial score (nSPS) is 16.8. The second-order valence-electron chi connectivity index (χ2n) is 5.71. The van der Waals surface area contributed by atoms with Crippen molar-refractivity contribution in [1.82, 2.24) is 9.62 Å². The van der Waals surface area contributed by atoms with Gasteiger partial charge in [-0.25, -0.2) is 17.1 Å². The molecule has 11 heteroatoms. The van der Waals surface area contributed by atoms with Gasteiger partial charge >= 0.3 is 0 Å². The number of thiophene rings is 1. The van der Waals surface area contributed by atoms with Gasteiger partial charge in [0.25, 0.3) is 15.9 Å². The zero-order chi connectivity index (χ0) is 20.5. The van der Waals surface area contributed by atoms with Gasteiger partial charge in [0.2, 0.25) is 5.91 Å². The lowest BCUT2D eigenvalue weighted by molar-refractivity contribution is -0.127. The van der Waals surface area contributed by atoms with Gasteiger partial charge in [-0.05, 0) is 36.4 Å². The summed E-state index contributed by atoms with van der Waals surface area (Å²) in [5, 5.41) is 2.46. The van der Waals surface area contributed by atoms with E-state index in [1.54, 1.807) is 0 Å². The van der Waals surface area contributed by atoms with Gasteiger partial charge in [-0.2, -0.15) is 0 Å². The van der Waals surface area contributed by atoms with E-state index in [-0.39, 0.29) is 32.0 Å². The Balaban J connectivity index is 2.06. The van der Waals surface area contributed by atoms with E-state index in [0.29, 0.717) is 4.31 Å². The van der Waals surface area contributed by atoms with Crippen molar-refractivity contribution in [3.05, 3.63) is 51.6 Å². The van der Waals surface area contributed by atoms with E-state index in [9.17, 15) is 22.4 Å². The molecule has 3 rings (SSSR count). The van der Waals surface area contributed by atoms with Crippen molar-refractivity contribution in [1.29, 1.82) is 0 Å². The first-order chi connectivity index (χ1) is 13.2. The molecular weight excluding hydrogens is 431 g/mol. The summed E-state index contributed by atoms with van der Waals surface area (Å²) >= 11 is 6.57. The van der Waals surface area contributed by atoms with Crippen LogP contribution in [0, 0.1) is 5.82 Å². The van der Waals surface area contributed by atoms with Crippen LogP contribution in [0.5, 0.6) is 5.75 Å². The number of hydrogen-bond donors (Lipinski definition) is 1. The second-order valence-corrected chi connectivity index (χ2v) is 9.51. The second kappa shape index (κ2) is 7.90. The van der Waals surface area contributed by atoms with E-state index in [0.717, 1.165) is 17.4 Å². The summed E-state index contributed by atoms with van der Waals surface area (Å²) in [5.41, 5.74) is 0.194. The van der Waals surface area contributed by atoms with Crippen LogP contribution in [0.4, 0.5) is 4.39 Å². The largest absolute Gasteiger partial charge is 0.496 e. The molecule has 1 N–H and O–H groups in total. The Morgan fingerprint density at radius 3 is 2.68 bits per heavy atom. The Kier molecular flexibility index (Phi) is 5.73. The number of rotatable bonds is 4. The van der Waals surface area contributed by atoms with Crippen molar-refractivity contribution in [2.75, 3.05) is 20.2 Å². The number of methoxy groups -OCH3 is 1. The molecule has 2 heterocycles. The molecule has 28 heavy (non-hydrogen) atoms. The summed E-state index contributed by atoms with van der Waals surface area (Å²) in [7, 11) is -2.91. The van der Waals surface area contributed by atoms with Crippen LogP contribution in [0.25, 0.3) is 6.08 Å². The maximum absolute atomic E-state index is 13.6. The average Bonchev–Trinajstić information content (AvgIpc) is 3.04. The third-order valence-corrected chi connectivity index (χ3v) is 7.31. The molecule has 0 radical (unpaired) electrons. The van der Waals surface area contributed by atoms with Gasteiger partial charge in [0.05, 0.1) is 11.4 Å². The predicted octanol–water partition coefficient (Wildman–Crippen LogP) is 2.28. The number of ether oxygens (including phenoxy) is 1. The van der Waals surface area contributed by atoms with E-state index < -0.39 is 34.2 Å². The van der Waals surface area contributed by atoms with Crippen molar-refractivity contribution in [3.8, 4) is 5.75 Å². The highest BCUT2D eigenvalue weighted by molar-refractivity contribution is 7.91. The lowest BCUT2D eigenvalue weighted by Gasteiger charge is -2.19. The van der Waals surface area contributed by atoms with Gasteiger partial charge < -0.3 is 10.1 Å². The maximum Gasteiger partial charge on any atom is 0.276 e. The fourth-order valence-corrected chi connectivity index (χ4v) is 5.50. The molecule has 0 unspecified atom stereocenters. The Labute approximate surface area is 169 Å². The van der Waals surface area contributed by atoms with Gasteiger partial charge in [-0.15, -0.1) is 11.3 Å². The highest BCUT2D eigenvalue weighted by Crippen LogP contribution is 2.30. The van der Waals surface area contributed by atoms with Crippen LogP contribution in [0.2, 0.25) is 4.34 Å². The van der Waals surface area contributed by atoms with Crippen molar-refractivity contribution in [2.24, 2.45) is 0 Å². The van der Waals surface area contributed by atoms with Crippen LogP contribution in [-0.2, 0) is 19.6 Å². The molecule has 1 fully saturated rings. The topological polar surface area (TPSA) is 92.8 Å². The van der Waals surface area contributed by atoms with Gasteiger partial charge in [0, 0.05) is 17.7 Å². The third-order valence-electron chi connectivity index (χ3n) is 3.88. The number of carbonyl (C=O) groups is 2. The minimum atomic E-state index is -4.28. The molecule has 1 aliphatic heterocycles. The van der Waals surface area contributed by atoms with Crippen LogP contribution >= 0.6 is 22.9 Å². The summed E-state index contributed by atoms with van der Waals surface area (Å²) in [4.78, 5) is 24.9. The quantitative estimate of drug-likeness (QED) is 0.730. The highest BCUT2D eigenvalue weighted by atomic mass is 35.5. The molecule has 0 atom stereocenters. The van der Waals surface area contributed by atoms with Crippen molar-refractivity contribution < 1.29 is 27.1 Å². The fraction of sp³-hybridized carbons (Fsp3) is 0.176. The first kappa shape index (κ1) is 20.3. The summed E-state index contributed by atoms with van der Waals surface area (Å²) in [6.45, 7) is -0.886. The Hall–Kier alpha value is -2.43. The molecule has 0 saturated carbocycles. The van der Waals surface area contributed by atoms with Crippen LogP contribution in [0.1, 0.15) is 5.56 Å². The van der Waals surface area contributed by atoms with Crippen LogP contribution in [0.15, 0.2) is 40.1 Å². The minimum Gasteiger partial charge on any atom is -0.496 e. The predicted molar refractivity (Wildman–Crippen MR) is 102 cm³/mol. The van der Waals surface area contributed by atoms with E-state index in [2.05, 4.69) is 5.32 Å². The molecule has 1 aliphatic rings. The van der Waals surface area contributed by atoms with E-state index >= 15 is 0 Å². The number of amides is 2. The molecule has 7 nitrogen and oxygen atoms in total. The average molecular weight is 445 g/mol. The SMILES string of the molecule is COc1ccc(F)cc1/C=C1\CNC(=O)CN(S(=O)(=O)c2ccc(Cl)s2)C1=O. The van der Waals surface area contributed by atoms with Crippen LogP contribution in [0.3, 0.4) is 0 Å². The summed E-state index contributed by atoms with van der Waals surface area (Å²) in [5.74, 6) is -1.81. The standard InChI is InChI=1S/C17H14ClFN2O5S2/c1-26-13-3-2-12(19)7-10(13)6-11-8-20-15(22)9-21(17(11)23)28(24,25)16-5-4-14(18)27-16/h2-7H,8-9H2,1H3,(H,20,22)/b11-6+. The van der Waals surface area contributed by atoms with E-state index in [1.165, 1.54) is 37.5 Å². The van der Waals surface area contributed by atoms with Crippen molar-refractivity contribution in [3.63, 3.8) is 0 Å². The third kappa shape index (κ3) is 4.03. The lowest BCUT2D eigenvalue weighted by Crippen LogP contribution is -2.40. The van der Waals surface area contributed by atoms with Gasteiger partial charge in [-0.1, -0.05) is 11.6 Å². The molecule has 148 valence electrons. The number of sulfonamides is 1. The highest BCUT2D eigenvalue weighted by Gasteiger charge is 2.36. The maximum atomic E-state index is 13.6. The Morgan fingerprint density at radius 1 is 1.29 bits per heavy atom. The molecule has 1 aromatic heterocycles. The van der Waals surface area contributed by atoms with E-state index in [1.807, 2.05) is 0 Å². The zero-order valence-electron chi connectivity index (χ0n) is 14.4. The Bertz CT molecular complexity index is 1080. The molecule has 0 aliphatic carbocycles. The molecule has 0 spiro atoms. The number of carbonyl (C=O) groups excluding carboxylic acids is 2. The summed E-state index contributed by atoms with van der Waals surface area (Å²) in [6.07, 6.45) is 1.29. The number of benzene rings is 1. The van der Waals surface area contributed by atoms with Gasteiger partial charge in [-0.3, -0.25) is 9.59 Å². The smallest absolute Gasteiger partial charge is 0.276 e. The lowest BCUT2D eigenvalue weighted by atomic mass is 10.1. The number of hydrogen-bond acceptors (Lipinski definition) is 6. The summed E-state index contributed by atoms with van der Waals surface area (Å²) in [6, 6.07) is 6.36. The van der Waals surface area contributed by atoms with Crippen molar-refractivity contribution in [2.45, 2.75) is 4.21 Å². The Morgan fingerprint density at radius 2 is 2.04 bits per heavy atom. The van der Waals surface area contributed by atoms with E-state index in [4.69, 9.17) is 16.3 Å². The fourth-order valence-electron chi connectivity index (χ4n) is 2.55. The first-order valence-corrected chi connectivity index (χ1v) is 10.5. The summed E-state index contributed by atoms with van der Waals surface area (Å²) < 4.78 is 45.0. The molecule has 0 bridgehead atoms. The number of nitrogens with one attached hydrogen (secondary N) is 1. The first-order valence-electron chi connectivity index (χ1n) is 7.85. The molecule has 1 saturated heterocycles. The van der Waals surface area contributed by atoms with Crippen LogP contribution in [-0.4, -0.2) is 44.7 Å². The molecular formula is C17H14ClFN2O5S2. The van der Waals surface area contributed by atoms with Crippen molar-refractivity contribution >= 4 is 50.9 Å². The zero-order valence-corrected chi connectivity index (χ0v) is 16.8. The van der Waals surface area contributed by atoms with Gasteiger partial charge in [0.1, 0.15) is 22.3 Å². The number of halogens is 2.